The molecule has 238 valence electrons. The number of ether oxygens (including phenoxy) is 3. The van der Waals surface area contributed by atoms with E-state index in [9.17, 15) is 13.6 Å². The Kier molecular flexibility index (Phi) is 7.07. The van der Waals surface area contributed by atoms with Crippen molar-refractivity contribution in [1.29, 1.82) is 0 Å². The molecule has 3 saturated heterocycles. The number of anilines is 1. The van der Waals surface area contributed by atoms with Gasteiger partial charge in [-0.2, -0.15) is 23.7 Å². The van der Waals surface area contributed by atoms with Crippen molar-refractivity contribution in [3.63, 3.8) is 0 Å². The lowest BCUT2D eigenvalue weighted by Crippen LogP contribution is -2.65. The highest BCUT2D eigenvalue weighted by Crippen LogP contribution is 2.49. The third-order valence-corrected chi connectivity index (χ3v) is 9.72. The molecule has 14 heteroatoms. The lowest BCUT2D eigenvalue weighted by molar-refractivity contribution is 0.000935. The van der Waals surface area contributed by atoms with E-state index >= 15 is 4.39 Å². The van der Waals surface area contributed by atoms with Crippen LogP contribution in [0.3, 0.4) is 0 Å². The maximum Gasteiger partial charge on any atom is 0.410 e. The van der Waals surface area contributed by atoms with Crippen molar-refractivity contribution in [1.82, 2.24) is 24.8 Å². The molecule has 0 aromatic carbocycles. The molecule has 0 spiro atoms. The number of likely N-dealkylation sites (tertiary alicyclic amines) is 1. The number of fused-ring (bicyclic) bond motifs is 5. The molecule has 1 saturated carbocycles. The zero-order valence-corrected chi connectivity index (χ0v) is 26.0. The molecule has 10 nitrogen and oxygen atoms in total. The van der Waals surface area contributed by atoms with Crippen LogP contribution in [0.2, 0.25) is 5.15 Å². The van der Waals surface area contributed by atoms with E-state index < -0.39 is 23.6 Å². The second-order valence-electron chi connectivity index (χ2n) is 13.8. The molecule has 44 heavy (non-hydrogen) atoms. The summed E-state index contributed by atoms with van der Waals surface area (Å²) in [5.41, 5.74) is -0.702. The molecule has 0 unspecified atom stereocenters. The predicted octanol–water partition coefficient (Wildman–Crippen LogP) is 5.57. The maximum atomic E-state index is 15.5. The smallest absolute Gasteiger partial charge is 0.410 e. The Balaban J connectivity index is 1.20. The van der Waals surface area contributed by atoms with Gasteiger partial charge < -0.3 is 19.1 Å². The molecule has 5 aliphatic rings. The van der Waals surface area contributed by atoms with Gasteiger partial charge in [0, 0.05) is 37.2 Å². The van der Waals surface area contributed by atoms with Gasteiger partial charge in [0.05, 0.1) is 24.7 Å². The van der Waals surface area contributed by atoms with Crippen LogP contribution in [0.4, 0.5) is 23.8 Å². The first-order valence-corrected chi connectivity index (χ1v) is 15.6. The predicted molar refractivity (Wildman–Crippen MR) is 156 cm³/mol. The lowest BCUT2D eigenvalue weighted by Gasteiger charge is -2.48. The van der Waals surface area contributed by atoms with E-state index in [4.69, 9.17) is 30.8 Å². The number of hydrogen-bond acceptors (Lipinski definition) is 9. The Bertz CT molecular complexity index is 1550. The third-order valence-electron chi connectivity index (χ3n) is 9.47. The van der Waals surface area contributed by atoms with Gasteiger partial charge in [0.15, 0.2) is 11.0 Å². The van der Waals surface area contributed by atoms with E-state index in [1.165, 1.54) is 0 Å². The first-order valence-electron chi connectivity index (χ1n) is 15.2. The van der Waals surface area contributed by atoms with Crippen molar-refractivity contribution in [3.8, 4) is 11.9 Å². The second-order valence-corrected chi connectivity index (χ2v) is 14.2. The van der Waals surface area contributed by atoms with E-state index in [1.54, 1.807) is 0 Å². The molecule has 2 aromatic heterocycles. The van der Waals surface area contributed by atoms with Crippen molar-refractivity contribution in [2.75, 3.05) is 37.7 Å². The van der Waals surface area contributed by atoms with Gasteiger partial charge in [-0.15, -0.1) is 0 Å². The number of aromatic nitrogens is 3. The van der Waals surface area contributed by atoms with Gasteiger partial charge in [-0.25, -0.2) is 9.18 Å². The minimum atomic E-state index is -1.59. The van der Waals surface area contributed by atoms with Crippen molar-refractivity contribution >= 4 is 34.4 Å². The average molecular weight is 637 g/mol. The molecule has 4 aliphatic heterocycles. The maximum absolute atomic E-state index is 15.5. The molecule has 4 atom stereocenters. The average Bonchev–Trinajstić information content (AvgIpc) is 3.45. The Hall–Kier alpha value is -3.06. The van der Waals surface area contributed by atoms with E-state index in [1.807, 2.05) is 37.5 Å². The van der Waals surface area contributed by atoms with E-state index in [0.717, 1.165) is 25.7 Å². The highest BCUT2D eigenvalue weighted by molar-refractivity contribution is 6.30. The summed E-state index contributed by atoms with van der Waals surface area (Å²) in [7, 11) is 0. The minimum absolute atomic E-state index is 0.00192. The molecular formula is C30H36ClF3N6O4. The van der Waals surface area contributed by atoms with Crippen LogP contribution in [0, 0.1) is 11.2 Å². The highest BCUT2D eigenvalue weighted by atomic mass is 35.5. The number of halogens is 4. The first kappa shape index (κ1) is 29.6. The van der Waals surface area contributed by atoms with Crippen molar-refractivity contribution < 1.29 is 32.2 Å². The van der Waals surface area contributed by atoms with E-state index in [0.29, 0.717) is 37.3 Å². The number of hydrogen-bond donors (Lipinski definition) is 0. The van der Waals surface area contributed by atoms with Crippen molar-refractivity contribution in [2.24, 2.45) is 5.41 Å². The van der Waals surface area contributed by atoms with Crippen LogP contribution in [0.1, 0.15) is 59.8 Å². The van der Waals surface area contributed by atoms with Gasteiger partial charge in [0.1, 0.15) is 28.4 Å². The lowest BCUT2D eigenvalue weighted by atomic mass is 9.98. The van der Waals surface area contributed by atoms with Gasteiger partial charge in [-0.1, -0.05) is 11.6 Å². The fourth-order valence-electron chi connectivity index (χ4n) is 7.28. The summed E-state index contributed by atoms with van der Waals surface area (Å²) >= 11 is 6.22. The fraction of sp³-hybridized carbons (Fsp3) is 0.667. The fourth-order valence-corrected chi connectivity index (χ4v) is 7.45. The van der Waals surface area contributed by atoms with Crippen molar-refractivity contribution in [3.05, 3.63) is 22.6 Å². The van der Waals surface area contributed by atoms with E-state index in [-0.39, 0.29) is 70.9 Å². The molecule has 6 heterocycles. The third kappa shape index (κ3) is 5.19. The normalized spacial score (nSPS) is 27.2. The van der Waals surface area contributed by atoms with Crippen LogP contribution >= 0.6 is 11.6 Å². The quantitative estimate of drug-likeness (QED) is 0.391. The Labute approximate surface area is 258 Å². The number of amides is 1. The summed E-state index contributed by atoms with van der Waals surface area (Å²) in [6.45, 7) is 9.60. The number of pyridine rings is 1. The van der Waals surface area contributed by atoms with Crippen LogP contribution in [0.25, 0.3) is 10.9 Å². The summed E-state index contributed by atoms with van der Waals surface area (Å²) in [4.78, 5) is 32.7. The molecular weight excluding hydrogens is 601 g/mol. The molecule has 2 bridgehead atoms. The van der Waals surface area contributed by atoms with Crippen LogP contribution in [-0.2, 0) is 4.74 Å². The van der Waals surface area contributed by atoms with Crippen LogP contribution < -0.4 is 14.4 Å². The summed E-state index contributed by atoms with van der Waals surface area (Å²) in [5, 5.41) is -0.0618. The molecule has 1 aliphatic carbocycles. The Morgan fingerprint density at radius 2 is 1.95 bits per heavy atom. The largest absolute Gasteiger partial charge is 0.472 e. The van der Waals surface area contributed by atoms with Crippen molar-refractivity contribution in [2.45, 2.75) is 89.6 Å². The molecule has 7 rings (SSSR count). The van der Waals surface area contributed by atoms with Crippen LogP contribution in [-0.4, -0.2) is 93.5 Å². The number of rotatable bonds is 5. The van der Waals surface area contributed by atoms with Gasteiger partial charge >= 0.3 is 12.1 Å². The summed E-state index contributed by atoms with van der Waals surface area (Å²) in [6, 6.07) is -0.696. The summed E-state index contributed by atoms with van der Waals surface area (Å²) in [5.74, 6) is -0.239. The first-order chi connectivity index (χ1) is 20.8. The zero-order valence-electron chi connectivity index (χ0n) is 25.2. The van der Waals surface area contributed by atoms with Crippen LogP contribution in [0.15, 0.2) is 11.7 Å². The monoisotopic (exact) mass is 636 g/mol. The number of nitrogens with zero attached hydrogens (tertiary/aromatic N) is 6. The van der Waals surface area contributed by atoms with Gasteiger partial charge in [0.2, 0.25) is 5.88 Å². The molecule has 1 amide bonds. The summed E-state index contributed by atoms with van der Waals surface area (Å²) < 4.78 is 60.0. The number of piperazine rings is 1. The molecule has 4 fully saturated rings. The van der Waals surface area contributed by atoms with Gasteiger partial charge in [-0.05, 0) is 59.8 Å². The minimum Gasteiger partial charge on any atom is -0.472 e. The van der Waals surface area contributed by atoms with Crippen LogP contribution in [0.5, 0.6) is 11.9 Å². The molecule has 2 aromatic rings. The molecule has 0 radical (unpaired) electrons. The second kappa shape index (κ2) is 10.5. The van der Waals surface area contributed by atoms with Gasteiger partial charge in [-0.3, -0.25) is 9.80 Å². The number of carbonyl (C=O) groups excluding carboxylic acids is 1. The number of carbonyl (C=O) groups is 1. The zero-order chi connectivity index (χ0) is 31.1. The van der Waals surface area contributed by atoms with E-state index in [2.05, 4.69) is 14.9 Å². The Morgan fingerprint density at radius 3 is 2.64 bits per heavy atom. The highest BCUT2D eigenvalue weighted by Gasteiger charge is 2.54. The summed E-state index contributed by atoms with van der Waals surface area (Å²) in [6.07, 6.45) is 1.26. The standard InChI is InChI=1S/C30H36ClF3N6O4/c1-15-22-18-6-5-17(40(18)28(41)44-29(2,3)4)12-39(22)25-19-21(20(32)23(31)36-26(19)43-15)35-27(37-25)42-14-30(8-9-30)13-38-10-7-16(11-38)24(33)34/h15,17-18,22H,5-14H2,1-4H3/t15-,17+,18-,22+/m0/s1. The topological polar surface area (TPSA) is 93.2 Å². The van der Waals surface area contributed by atoms with Gasteiger partial charge in [0.25, 0.3) is 6.08 Å². The Morgan fingerprint density at radius 1 is 1.18 bits per heavy atom. The molecule has 0 N–H and O–H groups in total. The SMILES string of the molecule is C[C@@H]1Oc2nc(Cl)c(F)c3nc(OCC4(CN5CCC(=C(F)F)C5)CC4)nc(c23)N2C[C@H]3CC[C@@H]([C@@H]12)N3C(=O)OC(C)(C)C.